The first kappa shape index (κ1) is 9.36. The summed E-state index contributed by atoms with van der Waals surface area (Å²) in [5.74, 6) is 1.73. The van der Waals surface area contributed by atoms with Gasteiger partial charge in [0, 0.05) is 13.0 Å². The summed E-state index contributed by atoms with van der Waals surface area (Å²) in [4.78, 5) is 5.50. The maximum atomic E-state index is 4.39. The summed E-state index contributed by atoms with van der Waals surface area (Å²) in [6, 6.07) is 4.03. The van der Waals surface area contributed by atoms with Gasteiger partial charge in [0.1, 0.15) is 5.82 Å². The highest BCUT2D eigenvalue weighted by molar-refractivity contribution is 7.13. The van der Waals surface area contributed by atoms with E-state index in [0.717, 1.165) is 29.5 Å². The highest BCUT2D eigenvalue weighted by Crippen LogP contribution is 2.20. The molecular weight excluding hydrogens is 196 g/mol. The minimum atomic E-state index is 0.797. The van der Waals surface area contributed by atoms with E-state index in [4.69, 9.17) is 0 Å². The fraction of sp³-hybridized carbons (Fsp3) is 0.333. The van der Waals surface area contributed by atoms with Gasteiger partial charge in [-0.05, 0) is 18.5 Å². The van der Waals surface area contributed by atoms with E-state index in [9.17, 15) is 0 Å². The van der Waals surface area contributed by atoms with E-state index in [1.165, 1.54) is 0 Å². The molecule has 0 aliphatic heterocycles. The van der Waals surface area contributed by atoms with Gasteiger partial charge in [0.25, 0.3) is 0 Å². The number of hydrogen-bond acceptors (Lipinski definition) is 4. The fourth-order valence-corrected chi connectivity index (χ4v) is 1.82. The number of aromatic amines is 1. The predicted molar refractivity (Wildman–Crippen MR) is 57.3 cm³/mol. The maximum absolute atomic E-state index is 4.39. The Morgan fingerprint density at radius 2 is 2.50 bits per heavy atom. The quantitative estimate of drug-likeness (QED) is 0.796. The molecule has 0 amide bonds. The van der Waals surface area contributed by atoms with E-state index >= 15 is 0 Å². The van der Waals surface area contributed by atoms with E-state index in [0.29, 0.717) is 0 Å². The summed E-state index contributed by atoms with van der Waals surface area (Å²) in [5, 5.41) is 12.2. The van der Waals surface area contributed by atoms with Crippen molar-refractivity contribution in [2.75, 3.05) is 13.6 Å². The lowest BCUT2D eigenvalue weighted by Gasteiger charge is -1.92. The van der Waals surface area contributed by atoms with Crippen LogP contribution >= 0.6 is 11.3 Å². The molecule has 74 valence electrons. The van der Waals surface area contributed by atoms with E-state index in [2.05, 4.69) is 20.5 Å². The molecular formula is C9H12N4S. The zero-order valence-electron chi connectivity index (χ0n) is 7.95. The number of rotatable bonds is 4. The molecule has 2 aromatic rings. The van der Waals surface area contributed by atoms with Crippen molar-refractivity contribution in [2.24, 2.45) is 0 Å². The first-order valence-corrected chi connectivity index (χ1v) is 5.38. The van der Waals surface area contributed by atoms with Gasteiger partial charge in [0.2, 0.25) is 0 Å². The normalized spacial score (nSPS) is 10.6. The standard InChI is InChI=1S/C9H12N4S/c1-10-5-4-8-11-9(13-12-8)7-3-2-6-14-7/h2-3,6,10H,4-5H2,1H3,(H,11,12,13). The Morgan fingerprint density at radius 3 is 3.21 bits per heavy atom. The van der Waals surface area contributed by atoms with Crippen molar-refractivity contribution < 1.29 is 0 Å². The highest BCUT2D eigenvalue weighted by Gasteiger charge is 2.05. The fourth-order valence-electron chi connectivity index (χ4n) is 1.17. The lowest BCUT2D eigenvalue weighted by Crippen LogP contribution is -2.11. The van der Waals surface area contributed by atoms with Crippen molar-refractivity contribution >= 4 is 11.3 Å². The van der Waals surface area contributed by atoms with Gasteiger partial charge in [-0.2, -0.15) is 5.10 Å². The van der Waals surface area contributed by atoms with Crippen LogP contribution in [0.4, 0.5) is 0 Å². The van der Waals surface area contributed by atoms with Crippen molar-refractivity contribution in [3.63, 3.8) is 0 Å². The molecule has 5 heteroatoms. The average molecular weight is 208 g/mol. The Bertz CT molecular complexity index is 379. The summed E-state index contributed by atoms with van der Waals surface area (Å²) in [6.07, 6.45) is 0.884. The van der Waals surface area contributed by atoms with Gasteiger partial charge in [-0.1, -0.05) is 6.07 Å². The molecule has 0 aliphatic rings. The molecule has 2 rings (SSSR count). The predicted octanol–water partition coefficient (Wildman–Crippen LogP) is 1.30. The van der Waals surface area contributed by atoms with Gasteiger partial charge in [0.05, 0.1) is 4.88 Å². The Hall–Kier alpha value is -1.20. The average Bonchev–Trinajstić information content (AvgIpc) is 2.85. The molecule has 0 spiro atoms. The van der Waals surface area contributed by atoms with E-state index < -0.39 is 0 Å². The topological polar surface area (TPSA) is 53.6 Å². The minimum absolute atomic E-state index is 0.797. The number of nitrogens with one attached hydrogen (secondary N) is 2. The van der Waals surface area contributed by atoms with Crippen LogP contribution in [0.25, 0.3) is 10.7 Å². The van der Waals surface area contributed by atoms with Crippen molar-refractivity contribution in [1.82, 2.24) is 20.5 Å². The molecule has 2 N–H and O–H groups in total. The van der Waals surface area contributed by atoms with Crippen molar-refractivity contribution in [1.29, 1.82) is 0 Å². The van der Waals surface area contributed by atoms with Gasteiger partial charge in [-0.3, -0.25) is 5.10 Å². The van der Waals surface area contributed by atoms with Gasteiger partial charge in [-0.15, -0.1) is 11.3 Å². The molecule has 0 aliphatic carbocycles. The summed E-state index contributed by atoms with van der Waals surface area (Å²) < 4.78 is 0. The largest absolute Gasteiger partial charge is 0.319 e. The summed E-state index contributed by atoms with van der Waals surface area (Å²) in [6.45, 7) is 0.916. The SMILES string of the molecule is CNCCc1nc(-c2cccs2)n[nH]1. The van der Waals surface area contributed by atoms with Crippen LogP contribution in [0.2, 0.25) is 0 Å². The summed E-state index contributed by atoms with van der Waals surface area (Å²) >= 11 is 1.65. The van der Waals surface area contributed by atoms with E-state index in [-0.39, 0.29) is 0 Å². The molecule has 4 nitrogen and oxygen atoms in total. The molecule has 0 radical (unpaired) electrons. The van der Waals surface area contributed by atoms with Crippen LogP contribution in [0, 0.1) is 0 Å². The number of H-pyrrole nitrogens is 1. The number of nitrogens with zero attached hydrogens (tertiary/aromatic N) is 2. The second-order valence-electron chi connectivity index (χ2n) is 2.94. The smallest absolute Gasteiger partial charge is 0.191 e. The zero-order chi connectivity index (χ0) is 9.80. The van der Waals surface area contributed by atoms with Crippen LogP contribution in [0.15, 0.2) is 17.5 Å². The molecule has 0 bridgehead atoms. The maximum Gasteiger partial charge on any atom is 0.191 e. The molecule has 0 saturated heterocycles. The molecule has 2 heterocycles. The number of hydrogen-bond donors (Lipinski definition) is 2. The van der Waals surface area contributed by atoms with Crippen LogP contribution in [0.5, 0.6) is 0 Å². The lowest BCUT2D eigenvalue weighted by atomic mass is 10.4. The Morgan fingerprint density at radius 1 is 1.57 bits per heavy atom. The molecule has 0 aromatic carbocycles. The van der Waals surface area contributed by atoms with Crippen LogP contribution in [0.1, 0.15) is 5.82 Å². The second-order valence-corrected chi connectivity index (χ2v) is 3.88. The van der Waals surface area contributed by atoms with E-state index in [1.807, 2.05) is 24.6 Å². The van der Waals surface area contributed by atoms with Crippen molar-refractivity contribution in [3.8, 4) is 10.7 Å². The van der Waals surface area contributed by atoms with Crippen LogP contribution in [0.3, 0.4) is 0 Å². The first-order valence-electron chi connectivity index (χ1n) is 4.50. The van der Waals surface area contributed by atoms with Crippen LogP contribution < -0.4 is 5.32 Å². The van der Waals surface area contributed by atoms with Crippen molar-refractivity contribution in [3.05, 3.63) is 23.3 Å². The van der Waals surface area contributed by atoms with Crippen molar-refractivity contribution in [2.45, 2.75) is 6.42 Å². The first-order chi connectivity index (χ1) is 6.90. The second kappa shape index (κ2) is 4.34. The van der Waals surface area contributed by atoms with Crippen LogP contribution in [-0.4, -0.2) is 28.8 Å². The monoisotopic (exact) mass is 208 g/mol. The van der Waals surface area contributed by atoms with Crippen LogP contribution in [-0.2, 0) is 6.42 Å². The summed E-state index contributed by atoms with van der Waals surface area (Å²) in [5.41, 5.74) is 0. The van der Waals surface area contributed by atoms with Gasteiger partial charge in [0.15, 0.2) is 5.82 Å². The number of aromatic nitrogens is 3. The third kappa shape index (κ3) is 2.00. The Kier molecular flexibility index (Phi) is 2.90. The Balaban J connectivity index is 2.10. The number of likely N-dealkylation sites (N-methyl/N-ethyl adjacent to an activating group) is 1. The van der Waals surface area contributed by atoms with Gasteiger partial charge in [-0.25, -0.2) is 4.98 Å². The third-order valence-electron chi connectivity index (χ3n) is 1.89. The molecule has 0 saturated carbocycles. The highest BCUT2D eigenvalue weighted by atomic mass is 32.1. The minimum Gasteiger partial charge on any atom is -0.319 e. The summed E-state index contributed by atoms with van der Waals surface area (Å²) in [7, 11) is 1.93. The molecule has 2 aromatic heterocycles. The zero-order valence-corrected chi connectivity index (χ0v) is 8.77. The van der Waals surface area contributed by atoms with E-state index in [1.54, 1.807) is 11.3 Å². The lowest BCUT2D eigenvalue weighted by molar-refractivity contribution is 0.758. The van der Waals surface area contributed by atoms with Gasteiger partial charge >= 0.3 is 0 Å². The molecule has 0 atom stereocenters. The third-order valence-corrected chi connectivity index (χ3v) is 2.75. The number of thiophene rings is 1. The Labute approximate surface area is 86.4 Å². The molecule has 0 fully saturated rings. The molecule has 14 heavy (non-hydrogen) atoms. The molecule has 0 unspecified atom stereocenters. The van der Waals surface area contributed by atoms with Gasteiger partial charge < -0.3 is 5.32 Å².